The lowest BCUT2D eigenvalue weighted by atomic mass is 10.1. The molecule has 1 unspecified atom stereocenters. The Morgan fingerprint density at radius 3 is 2.13 bits per heavy atom. The molecule has 9 nitrogen and oxygen atoms in total. The number of benzene rings is 4. The number of hydrogen-bond donors (Lipinski definition) is 0. The molecule has 0 bridgehead atoms. The van der Waals surface area contributed by atoms with Gasteiger partial charge in [0.05, 0.1) is 30.0 Å². The van der Waals surface area contributed by atoms with Crippen LogP contribution in [-0.4, -0.2) is 72.9 Å². The molecule has 1 saturated carbocycles. The largest absolute Gasteiger partial charge is 0.405 e. The molecule has 1 atom stereocenters. The number of rotatable bonds is 11. The maximum absolute atomic E-state index is 14.3. The normalized spacial score (nSPS) is 17.4. The monoisotopic (exact) mass is 748 g/mol. The van der Waals surface area contributed by atoms with Crippen LogP contribution in [0.5, 0.6) is 0 Å². The summed E-state index contributed by atoms with van der Waals surface area (Å²) >= 11 is 0. The molecule has 0 radical (unpaired) electrons. The van der Waals surface area contributed by atoms with Crippen molar-refractivity contribution in [3.63, 3.8) is 0 Å². The van der Waals surface area contributed by atoms with E-state index in [1.807, 2.05) is 41.1 Å². The van der Waals surface area contributed by atoms with Crippen molar-refractivity contribution in [2.24, 2.45) is 5.92 Å². The Kier molecular flexibility index (Phi) is 9.34. The van der Waals surface area contributed by atoms with E-state index in [2.05, 4.69) is 79.3 Å². The van der Waals surface area contributed by atoms with E-state index in [0.29, 0.717) is 12.5 Å². The molecule has 0 N–H and O–H groups in total. The summed E-state index contributed by atoms with van der Waals surface area (Å²) in [5.41, 5.74) is 1.61. The van der Waals surface area contributed by atoms with Gasteiger partial charge in [0.15, 0.2) is 5.82 Å². The van der Waals surface area contributed by atoms with Gasteiger partial charge in [-0.3, -0.25) is 4.68 Å². The molecule has 3 heterocycles. The van der Waals surface area contributed by atoms with E-state index in [1.165, 1.54) is 18.3 Å². The van der Waals surface area contributed by atoms with Crippen molar-refractivity contribution in [3.05, 3.63) is 127 Å². The quantitative estimate of drug-likeness (QED) is 0.146. The van der Waals surface area contributed by atoms with Gasteiger partial charge < -0.3 is 9.33 Å². The first-order valence-electron chi connectivity index (χ1n) is 18.3. The van der Waals surface area contributed by atoms with Crippen LogP contribution in [0.25, 0.3) is 16.6 Å². The van der Waals surface area contributed by atoms with E-state index in [1.54, 1.807) is 27.3 Å². The van der Waals surface area contributed by atoms with Crippen molar-refractivity contribution in [1.82, 2.24) is 23.9 Å². The van der Waals surface area contributed by atoms with Crippen LogP contribution < -0.4 is 15.3 Å². The minimum atomic E-state index is -3.85. The molecular weight excluding hydrogens is 704 g/mol. The van der Waals surface area contributed by atoms with Gasteiger partial charge in [0, 0.05) is 37.8 Å². The number of anilines is 1. The second-order valence-corrected chi connectivity index (χ2v) is 21.5. The van der Waals surface area contributed by atoms with Crippen molar-refractivity contribution in [2.75, 3.05) is 31.1 Å². The molecule has 0 spiro atoms. The number of hydrogen-bond acceptors (Lipinski definition) is 6. The predicted octanol–water partition coefficient (Wildman–Crippen LogP) is 6.23. The van der Waals surface area contributed by atoms with Gasteiger partial charge in [-0.05, 0) is 70.6 Å². The topological polar surface area (TPSA) is 85.5 Å². The summed E-state index contributed by atoms with van der Waals surface area (Å²) in [5.74, 6) is 0.984. The maximum Gasteiger partial charge on any atom is 0.261 e. The lowest BCUT2D eigenvalue weighted by Gasteiger charge is -2.46. The molecule has 4 aromatic carbocycles. The first-order chi connectivity index (χ1) is 25.5. The molecule has 1 saturated heterocycles. The fraction of sp³-hybridized carbons (Fsp3) is 0.317. The number of fused-ring (bicyclic) bond motifs is 1. The van der Waals surface area contributed by atoms with Crippen LogP contribution in [0.2, 0.25) is 5.04 Å². The number of piperazine rings is 1. The average molecular weight is 749 g/mol. The SMILES string of the molecule is CC(C)(C)[Si](OCC1CN(S(=O)(=O)c2cnn(CC3CC3)c2)CCN1c1nn(-c2ccc(F)cc2)c2ccccc12)(c1ccccc1)c1ccccc1. The molecule has 8 rings (SSSR count). The predicted molar refractivity (Wildman–Crippen MR) is 209 cm³/mol. The fourth-order valence-corrected chi connectivity index (χ4v) is 13.8. The zero-order valence-corrected chi connectivity index (χ0v) is 32.2. The number of aromatic nitrogens is 4. The van der Waals surface area contributed by atoms with Crippen molar-refractivity contribution < 1.29 is 17.2 Å². The Labute approximate surface area is 311 Å². The van der Waals surface area contributed by atoms with E-state index < -0.39 is 18.3 Å². The Morgan fingerprint density at radius 2 is 1.49 bits per heavy atom. The third-order valence-electron chi connectivity index (χ3n) is 10.7. The first kappa shape index (κ1) is 35.4. The van der Waals surface area contributed by atoms with Crippen LogP contribution in [0.4, 0.5) is 10.2 Å². The summed E-state index contributed by atoms with van der Waals surface area (Å²) in [5, 5.41) is 12.5. The highest BCUT2D eigenvalue weighted by molar-refractivity contribution is 7.89. The lowest BCUT2D eigenvalue weighted by molar-refractivity contribution is 0.223. The van der Waals surface area contributed by atoms with E-state index in [4.69, 9.17) is 9.52 Å². The minimum absolute atomic E-state index is 0.200. The number of para-hydroxylation sites is 1. The molecule has 2 fully saturated rings. The summed E-state index contributed by atoms with van der Waals surface area (Å²) in [6.07, 6.45) is 5.46. The molecule has 12 heteroatoms. The molecule has 0 amide bonds. The van der Waals surface area contributed by atoms with Crippen LogP contribution in [0, 0.1) is 11.7 Å². The molecule has 2 aliphatic rings. The number of halogens is 1. The molecule has 1 aliphatic carbocycles. The molecular formula is C41H45FN6O3SSi. The van der Waals surface area contributed by atoms with Crippen LogP contribution >= 0.6 is 0 Å². The van der Waals surface area contributed by atoms with Gasteiger partial charge in [0.25, 0.3) is 8.32 Å². The van der Waals surface area contributed by atoms with Gasteiger partial charge in [-0.2, -0.15) is 9.40 Å². The van der Waals surface area contributed by atoms with Gasteiger partial charge in [0.1, 0.15) is 10.7 Å². The van der Waals surface area contributed by atoms with Crippen LogP contribution in [-0.2, 0) is 21.0 Å². The Balaban J connectivity index is 1.21. The first-order valence-corrected chi connectivity index (χ1v) is 21.7. The second-order valence-electron chi connectivity index (χ2n) is 15.3. The van der Waals surface area contributed by atoms with Crippen LogP contribution in [0.15, 0.2) is 126 Å². The third-order valence-corrected chi connectivity index (χ3v) is 17.5. The third kappa shape index (κ3) is 6.73. The van der Waals surface area contributed by atoms with Crippen molar-refractivity contribution in [1.29, 1.82) is 0 Å². The Hall–Kier alpha value is -4.62. The summed E-state index contributed by atoms with van der Waals surface area (Å²) in [6, 6.07) is 34.9. The average Bonchev–Trinajstić information content (AvgIpc) is 3.70. The Bertz CT molecular complexity index is 2270. The molecule has 2 aromatic heterocycles. The molecule has 53 heavy (non-hydrogen) atoms. The summed E-state index contributed by atoms with van der Waals surface area (Å²) in [7, 11) is -6.83. The molecule has 6 aromatic rings. The zero-order chi connectivity index (χ0) is 36.8. The highest BCUT2D eigenvalue weighted by Crippen LogP contribution is 2.38. The van der Waals surface area contributed by atoms with Gasteiger partial charge in [0.2, 0.25) is 10.0 Å². The standard InChI is InChI=1S/C41H45FN6O3SSi/c1-41(2,3)53(36-12-6-4-7-13-36,37-14-8-5-9-15-37)51-30-34-28-46(52(49,50)35-26-43-45(29-35)27-31-18-19-31)24-25-47(34)40-38-16-10-11-17-39(38)48(44-40)33-22-20-32(42)21-23-33/h4-17,20-23,26,29,31,34H,18-19,24-25,27-28,30H2,1-3H3. The van der Waals surface area contributed by atoms with E-state index in [0.717, 1.165) is 52.2 Å². The highest BCUT2D eigenvalue weighted by atomic mass is 32.2. The van der Waals surface area contributed by atoms with E-state index in [-0.39, 0.29) is 41.5 Å². The highest BCUT2D eigenvalue weighted by Gasteiger charge is 2.51. The Morgan fingerprint density at radius 1 is 0.849 bits per heavy atom. The van der Waals surface area contributed by atoms with Crippen molar-refractivity contribution in [2.45, 2.75) is 56.1 Å². The number of sulfonamides is 1. The summed E-state index contributed by atoms with van der Waals surface area (Å²) in [4.78, 5) is 2.42. The summed E-state index contributed by atoms with van der Waals surface area (Å²) in [6.45, 7) is 8.59. The molecule has 1 aliphatic heterocycles. The van der Waals surface area contributed by atoms with Crippen LogP contribution in [0.1, 0.15) is 33.6 Å². The van der Waals surface area contributed by atoms with Gasteiger partial charge >= 0.3 is 0 Å². The second kappa shape index (κ2) is 14.0. The van der Waals surface area contributed by atoms with Gasteiger partial charge in [-0.1, -0.05) is 93.6 Å². The minimum Gasteiger partial charge on any atom is -0.405 e. The van der Waals surface area contributed by atoms with E-state index >= 15 is 0 Å². The lowest BCUT2D eigenvalue weighted by Crippen LogP contribution is -2.68. The van der Waals surface area contributed by atoms with Crippen molar-refractivity contribution >= 4 is 45.4 Å². The van der Waals surface area contributed by atoms with E-state index in [9.17, 15) is 12.8 Å². The van der Waals surface area contributed by atoms with Crippen molar-refractivity contribution in [3.8, 4) is 5.69 Å². The summed E-state index contributed by atoms with van der Waals surface area (Å²) < 4.78 is 55.2. The van der Waals surface area contributed by atoms with Gasteiger partial charge in [-0.25, -0.2) is 17.5 Å². The maximum atomic E-state index is 14.3. The fourth-order valence-electron chi connectivity index (χ4n) is 7.78. The molecule has 274 valence electrons. The van der Waals surface area contributed by atoms with Gasteiger partial charge in [-0.15, -0.1) is 5.10 Å². The number of nitrogens with zero attached hydrogens (tertiary/aromatic N) is 6. The smallest absolute Gasteiger partial charge is 0.261 e. The van der Waals surface area contributed by atoms with Crippen LogP contribution in [0.3, 0.4) is 0 Å². The zero-order valence-electron chi connectivity index (χ0n) is 30.3.